The van der Waals surface area contributed by atoms with Crippen molar-refractivity contribution in [1.82, 2.24) is 4.31 Å². The summed E-state index contributed by atoms with van der Waals surface area (Å²) in [5.74, 6) is -2.51. The largest absolute Gasteiger partial charge is 0.497 e. The second-order valence-corrected chi connectivity index (χ2v) is 10.5. The van der Waals surface area contributed by atoms with E-state index in [0.29, 0.717) is 29.9 Å². The molecule has 11 heteroatoms. The minimum absolute atomic E-state index is 0.176. The molecule has 2 aromatic rings. The Morgan fingerprint density at radius 2 is 1.60 bits per heavy atom. The molecule has 0 spiro atoms. The average molecular weight is 462 g/mol. The van der Waals surface area contributed by atoms with Crippen molar-refractivity contribution >= 4 is 19.9 Å². The van der Waals surface area contributed by atoms with Crippen LogP contribution >= 0.6 is 0 Å². The smallest absolute Gasteiger partial charge is 0.341 e. The van der Waals surface area contributed by atoms with Gasteiger partial charge in [0.25, 0.3) is 0 Å². The molecule has 0 aliphatic carbocycles. The van der Waals surface area contributed by atoms with Gasteiger partial charge >= 0.3 is 5.76 Å². The van der Waals surface area contributed by atoms with Crippen molar-refractivity contribution in [3.05, 3.63) is 48.0 Å². The molecule has 0 saturated carbocycles. The number of rotatable bonds is 7. The zero-order valence-electron chi connectivity index (χ0n) is 16.3. The van der Waals surface area contributed by atoms with Crippen LogP contribution in [-0.4, -0.2) is 47.7 Å². The highest BCUT2D eigenvalue weighted by Crippen LogP contribution is 2.41. The Labute approximate surface area is 174 Å². The number of hydrogen-bond donors (Lipinski definition) is 0. The molecule has 0 radical (unpaired) electrons. The molecule has 0 N–H and O–H groups in total. The van der Waals surface area contributed by atoms with Crippen molar-refractivity contribution in [2.45, 2.75) is 34.4 Å². The standard InChI is InChI=1S/C19H21F2NO6S2/c1-27-13-5-10-18(28-2)16(12-13)17-4-3-11-22(17)30(25,26)15-8-6-14(7-9-15)29(23,24)19(20)21/h5-10,12,17,19H,3-4,11H2,1-2H3/t17-/m1/s1. The number of sulfone groups is 1. The minimum atomic E-state index is -4.80. The van der Waals surface area contributed by atoms with Crippen LogP contribution in [-0.2, 0) is 19.9 Å². The lowest BCUT2D eigenvalue weighted by atomic mass is 10.0. The zero-order valence-corrected chi connectivity index (χ0v) is 17.9. The predicted octanol–water partition coefficient (Wildman–Crippen LogP) is 3.23. The van der Waals surface area contributed by atoms with E-state index in [1.54, 1.807) is 18.2 Å². The molecule has 1 fully saturated rings. The van der Waals surface area contributed by atoms with Gasteiger partial charge in [-0.3, -0.25) is 0 Å². The van der Waals surface area contributed by atoms with Gasteiger partial charge in [0, 0.05) is 12.1 Å². The number of benzene rings is 2. The molecule has 1 aliphatic rings. The monoisotopic (exact) mass is 461 g/mol. The van der Waals surface area contributed by atoms with E-state index in [1.807, 2.05) is 0 Å². The molecule has 1 heterocycles. The third-order valence-electron chi connectivity index (χ3n) is 4.99. The van der Waals surface area contributed by atoms with E-state index in [9.17, 15) is 25.6 Å². The molecule has 2 aromatic carbocycles. The minimum Gasteiger partial charge on any atom is -0.497 e. The number of sulfonamides is 1. The van der Waals surface area contributed by atoms with E-state index < -0.39 is 36.6 Å². The highest BCUT2D eigenvalue weighted by Gasteiger charge is 2.38. The van der Waals surface area contributed by atoms with Crippen molar-refractivity contribution in [2.75, 3.05) is 20.8 Å². The first-order valence-corrected chi connectivity index (χ1v) is 12.0. The molecule has 0 aromatic heterocycles. The van der Waals surface area contributed by atoms with Gasteiger partial charge in [0.15, 0.2) is 0 Å². The molecule has 30 heavy (non-hydrogen) atoms. The van der Waals surface area contributed by atoms with Crippen LogP contribution in [0.3, 0.4) is 0 Å². The van der Waals surface area contributed by atoms with Crippen molar-refractivity contribution < 1.29 is 35.1 Å². The third kappa shape index (κ3) is 4.01. The van der Waals surface area contributed by atoms with Crippen LogP contribution in [0, 0.1) is 0 Å². The zero-order chi connectivity index (χ0) is 22.1. The van der Waals surface area contributed by atoms with E-state index >= 15 is 0 Å². The van der Waals surface area contributed by atoms with Crippen LogP contribution in [0.2, 0.25) is 0 Å². The molecule has 164 valence electrons. The van der Waals surface area contributed by atoms with Gasteiger partial charge in [-0.25, -0.2) is 16.8 Å². The summed E-state index contributed by atoms with van der Waals surface area (Å²) in [7, 11) is -5.82. The Morgan fingerprint density at radius 1 is 0.967 bits per heavy atom. The topological polar surface area (TPSA) is 90.0 Å². The van der Waals surface area contributed by atoms with Gasteiger partial charge in [-0.2, -0.15) is 13.1 Å². The lowest BCUT2D eigenvalue weighted by Crippen LogP contribution is -2.31. The summed E-state index contributed by atoms with van der Waals surface area (Å²) in [5, 5.41) is 0. The quantitative estimate of drug-likeness (QED) is 0.629. The summed E-state index contributed by atoms with van der Waals surface area (Å²) in [6, 6.07) is 8.43. The van der Waals surface area contributed by atoms with Crippen LogP contribution in [0.4, 0.5) is 8.78 Å². The highest BCUT2D eigenvalue weighted by molar-refractivity contribution is 7.91. The summed E-state index contributed by atoms with van der Waals surface area (Å²) in [4.78, 5) is -0.812. The number of hydrogen-bond acceptors (Lipinski definition) is 6. The van der Waals surface area contributed by atoms with Crippen molar-refractivity contribution in [2.24, 2.45) is 0 Å². The van der Waals surface area contributed by atoms with Gasteiger partial charge in [0.1, 0.15) is 11.5 Å². The van der Waals surface area contributed by atoms with Crippen LogP contribution in [0.25, 0.3) is 0 Å². The SMILES string of the molecule is COc1ccc(OC)c([C@H]2CCCN2S(=O)(=O)c2ccc(S(=O)(=O)C(F)F)cc2)c1. The molecule has 1 atom stereocenters. The highest BCUT2D eigenvalue weighted by atomic mass is 32.2. The maximum absolute atomic E-state index is 13.2. The fourth-order valence-corrected chi connectivity index (χ4v) is 5.87. The van der Waals surface area contributed by atoms with Crippen molar-refractivity contribution in [1.29, 1.82) is 0 Å². The number of methoxy groups -OCH3 is 2. The number of nitrogens with zero attached hydrogens (tertiary/aromatic N) is 1. The van der Waals surface area contributed by atoms with Crippen molar-refractivity contribution in [3.8, 4) is 11.5 Å². The maximum atomic E-state index is 13.2. The van der Waals surface area contributed by atoms with Crippen LogP contribution in [0.1, 0.15) is 24.4 Å². The molecule has 0 bridgehead atoms. The van der Waals surface area contributed by atoms with Gasteiger partial charge in [-0.1, -0.05) is 0 Å². The second-order valence-electron chi connectivity index (χ2n) is 6.66. The van der Waals surface area contributed by atoms with E-state index in [-0.39, 0.29) is 11.4 Å². The Kier molecular flexibility index (Phi) is 6.34. The molecule has 1 saturated heterocycles. The Balaban J connectivity index is 1.98. The van der Waals surface area contributed by atoms with Crippen LogP contribution < -0.4 is 9.47 Å². The van der Waals surface area contributed by atoms with Crippen molar-refractivity contribution in [3.63, 3.8) is 0 Å². The molecule has 1 aliphatic heterocycles. The lowest BCUT2D eigenvalue weighted by Gasteiger charge is -2.26. The molecular weight excluding hydrogens is 440 g/mol. The Hall–Kier alpha value is -2.24. The first-order chi connectivity index (χ1) is 14.1. The maximum Gasteiger partial charge on any atom is 0.341 e. The molecule has 3 rings (SSSR count). The fourth-order valence-electron chi connectivity index (χ4n) is 3.48. The summed E-state index contributed by atoms with van der Waals surface area (Å²) in [6.45, 7) is 0.254. The summed E-state index contributed by atoms with van der Waals surface area (Å²) < 4.78 is 87.0. The first kappa shape index (κ1) is 22.4. The lowest BCUT2D eigenvalue weighted by molar-refractivity contribution is 0.234. The number of halogens is 2. The normalized spacial score (nSPS) is 18.0. The van der Waals surface area contributed by atoms with Gasteiger partial charge in [-0.05, 0) is 55.3 Å². The van der Waals surface area contributed by atoms with Gasteiger partial charge in [0.05, 0.1) is 30.1 Å². The predicted molar refractivity (Wildman–Crippen MR) is 105 cm³/mol. The number of ether oxygens (including phenoxy) is 2. The summed E-state index contributed by atoms with van der Waals surface area (Å²) >= 11 is 0. The van der Waals surface area contributed by atoms with E-state index in [4.69, 9.17) is 9.47 Å². The molecular formula is C19H21F2NO6S2. The molecule has 7 nitrogen and oxygen atoms in total. The first-order valence-electron chi connectivity index (χ1n) is 8.99. The average Bonchev–Trinajstić information content (AvgIpc) is 3.24. The van der Waals surface area contributed by atoms with Gasteiger partial charge in [-0.15, -0.1) is 0 Å². The van der Waals surface area contributed by atoms with Gasteiger partial charge in [0.2, 0.25) is 19.9 Å². The Morgan fingerprint density at radius 3 is 2.17 bits per heavy atom. The van der Waals surface area contributed by atoms with Gasteiger partial charge < -0.3 is 9.47 Å². The third-order valence-corrected chi connectivity index (χ3v) is 8.31. The summed E-state index contributed by atoms with van der Waals surface area (Å²) in [5.41, 5.74) is 0.648. The van der Waals surface area contributed by atoms with E-state index in [1.165, 1.54) is 18.5 Å². The summed E-state index contributed by atoms with van der Waals surface area (Å²) in [6.07, 6.45) is 1.17. The fraction of sp³-hybridized carbons (Fsp3) is 0.368. The molecule has 0 unspecified atom stereocenters. The van der Waals surface area contributed by atoms with Crippen LogP contribution in [0.5, 0.6) is 11.5 Å². The molecule has 0 amide bonds. The second kappa shape index (κ2) is 8.48. The number of alkyl halides is 2. The Bertz CT molecular complexity index is 1120. The van der Waals surface area contributed by atoms with Crippen LogP contribution in [0.15, 0.2) is 52.3 Å². The van der Waals surface area contributed by atoms with E-state index in [2.05, 4.69) is 0 Å². The van der Waals surface area contributed by atoms with E-state index in [0.717, 1.165) is 24.3 Å².